The number of urea groups is 1. The summed E-state index contributed by atoms with van der Waals surface area (Å²) in [6.45, 7) is 3.45. The third-order valence-electron chi connectivity index (χ3n) is 2.95. The minimum absolute atomic E-state index is 0.0274. The van der Waals surface area contributed by atoms with Crippen molar-refractivity contribution in [3.05, 3.63) is 35.4 Å². The molecule has 0 bridgehead atoms. The summed E-state index contributed by atoms with van der Waals surface area (Å²) in [7, 11) is -4.57. The number of benzene rings is 1. The van der Waals surface area contributed by atoms with Gasteiger partial charge in [-0.05, 0) is 24.5 Å². The van der Waals surface area contributed by atoms with Gasteiger partial charge in [0.1, 0.15) is 0 Å². The van der Waals surface area contributed by atoms with Gasteiger partial charge in [0.15, 0.2) is 4.87 Å². The summed E-state index contributed by atoms with van der Waals surface area (Å²) >= 11 is 0. The maximum atomic E-state index is 11.8. The predicted molar refractivity (Wildman–Crippen MR) is 72.0 cm³/mol. The normalized spacial score (nSPS) is 14.7. The van der Waals surface area contributed by atoms with Gasteiger partial charge in [0.05, 0.1) is 0 Å². The van der Waals surface area contributed by atoms with Crippen molar-refractivity contribution in [1.82, 2.24) is 5.32 Å². The van der Waals surface area contributed by atoms with E-state index in [1.807, 2.05) is 0 Å². The summed E-state index contributed by atoms with van der Waals surface area (Å²) in [6, 6.07) is 5.63. The number of nitrogens with one attached hydrogen (secondary N) is 1. The average Bonchev–Trinajstić information content (AvgIpc) is 2.26. The van der Waals surface area contributed by atoms with Crippen LogP contribution in [0.25, 0.3) is 0 Å². The lowest BCUT2D eigenvalue weighted by Gasteiger charge is -2.32. The summed E-state index contributed by atoms with van der Waals surface area (Å²) in [5.74, 6) is 0. The first-order valence-corrected chi connectivity index (χ1v) is 7.29. The molecule has 0 heterocycles. The summed E-state index contributed by atoms with van der Waals surface area (Å²) < 4.78 is 33.2. The third kappa shape index (κ3) is 3.05. The van der Waals surface area contributed by atoms with Crippen LogP contribution in [0.15, 0.2) is 24.3 Å². The smallest absolute Gasteiger partial charge is 0.313 e. The predicted octanol–water partition coefficient (Wildman–Crippen LogP) is 1.50. The van der Waals surface area contributed by atoms with Gasteiger partial charge in [-0.3, -0.25) is 4.55 Å². The molecule has 2 amide bonds. The number of primary amides is 1. The van der Waals surface area contributed by atoms with Gasteiger partial charge in [-0.1, -0.05) is 37.6 Å². The molecule has 7 heteroatoms. The Hall–Kier alpha value is -1.60. The van der Waals surface area contributed by atoms with Crippen LogP contribution in [0.3, 0.4) is 0 Å². The molecule has 106 valence electrons. The first kappa shape index (κ1) is 15.5. The standard InChI is InChI=1S/C12H18N2O4S/c1-3-8-12(14-11(13)15,19(16,17)18)10-7-5-4-6-9(10)2/h4-7H,3,8H2,1-2H3,(H3,13,14,15)(H,16,17,18). The van der Waals surface area contributed by atoms with Crippen molar-refractivity contribution in [2.45, 2.75) is 31.6 Å². The van der Waals surface area contributed by atoms with Crippen molar-refractivity contribution in [2.75, 3.05) is 0 Å². The van der Waals surface area contributed by atoms with Crippen molar-refractivity contribution < 1.29 is 17.8 Å². The zero-order chi connectivity index (χ0) is 14.7. The second-order valence-corrected chi connectivity index (χ2v) is 6.00. The van der Waals surface area contributed by atoms with Gasteiger partial charge >= 0.3 is 6.03 Å². The second kappa shape index (κ2) is 5.58. The van der Waals surface area contributed by atoms with E-state index < -0.39 is 21.0 Å². The summed E-state index contributed by atoms with van der Waals surface area (Å²) in [6.07, 6.45) is 0.466. The largest absolute Gasteiger partial charge is 0.352 e. The molecule has 0 spiro atoms. The Morgan fingerprint density at radius 1 is 1.42 bits per heavy atom. The fourth-order valence-electron chi connectivity index (χ4n) is 2.17. The Balaban J connectivity index is 3.57. The Morgan fingerprint density at radius 3 is 2.42 bits per heavy atom. The van der Waals surface area contributed by atoms with Crippen LogP contribution in [0.4, 0.5) is 4.79 Å². The summed E-state index contributed by atoms with van der Waals surface area (Å²) in [5.41, 5.74) is 6.03. The Kier molecular flexibility index (Phi) is 4.54. The number of hydrogen-bond donors (Lipinski definition) is 3. The van der Waals surface area contributed by atoms with Crippen molar-refractivity contribution >= 4 is 16.1 Å². The Bertz CT molecular complexity index is 571. The number of rotatable bonds is 5. The highest BCUT2D eigenvalue weighted by Crippen LogP contribution is 2.34. The Morgan fingerprint density at radius 2 is 2.00 bits per heavy atom. The number of carbonyl (C=O) groups excluding carboxylic acids is 1. The van der Waals surface area contributed by atoms with Crippen molar-refractivity contribution in [3.63, 3.8) is 0 Å². The van der Waals surface area contributed by atoms with Gasteiger partial charge in [-0.15, -0.1) is 0 Å². The molecule has 0 saturated carbocycles. The molecule has 0 fully saturated rings. The first-order valence-electron chi connectivity index (χ1n) is 5.85. The van der Waals surface area contributed by atoms with Gasteiger partial charge in [-0.2, -0.15) is 8.42 Å². The maximum absolute atomic E-state index is 11.8. The quantitative estimate of drug-likeness (QED) is 0.712. The average molecular weight is 286 g/mol. The zero-order valence-electron chi connectivity index (χ0n) is 10.9. The highest BCUT2D eigenvalue weighted by Gasteiger charge is 2.45. The van der Waals surface area contributed by atoms with E-state index in [0.717, 1.165) is 0 Å². The molecule has 1 rings (SSSR count). The molecule has 0 aliphatic carbocycles. The molecular formula is C12H18N2O4S. The highest BCUT2D eigenvalue weighted by atomic mass is 32.2. The first-order chi connectivity index (χ1) is 8.74. The molecule has 0 aliphatic rings. The molecule has 1 aromatic rings. The fraction of sp³-hybridized carbons (Fsp3) is 0.417. The van der Waals surface area contributed by atoms with Gasteiger partial charge in [0, 0.05) is 0 Å². The molecule has 1 unspecified atom stereocenters. The topological polar surface area (TPSA) is 109 Å². The number of carbonyl (C=O) groups is 1. The minimum Gasteiger partial charge on any atom is -0.352 e. The van der Waals surface area contributed by atoms with Crippen LogP contribution in [0.1, 0.15) is 30.9 Å². The SMILES string of the molecule is CCCC(NC(N)=O)(c1ccccc1C)S(=O)(=O)O. The Labute approximate surface area is 112 Å². The van der Waals surface area contributed by atoms with E-state index in [0.29, 0.717) is 17.5 Å². The minimum atomic E-state index is -4.57. The van der Waals surface area contributed by atoms with Crippen LogP contribution in [0.5, 0.6) is 0 Å². The van der Waals surface area contributed by atoms with Crippen molar-refractivity contribution in [3.8, 4) is 0 Å². The zero-order valence-corrected chi connectivity index (χ0v) is 11.7. The summed E-state index contributed by atoms with van der Waals surface area (Å²) in [5, 5.41) is 2.19. The van der Waals surface area contributed by atoms with Crippen molar-refractivity contribution in [2.24, 2.45) is 5.73 Å². The van der Waals surface area contributed by atoms with Crippen LogP contribution < -0.4 is 11.1 Å². The molecule has 19 heavy (non-hydrogen) atoms. The van der Waals surface area contributed by atoms with Gasteiger partial charge < -0.3 is 11.1 Å². The number of amides is 2. The number of aryl methyl sites for hydroxylation is 1. The molecule has 0 aliphatic heterocycles. The van der Waals surface area contributed by atoms with Crippen molar-refractivity contribution in [1.29, 1.82) is 0 Å². The van der Waals surface area contributed by atoms with Crippen LogP contribution >= 0.6 is 0 Å². The molecule has 6 nitrogen and oxygen atoms in total. The molecule has 0 saturated heterocycles. The molecule has 0 radical (unpaired) electrons. The second-order valence-electron chi connectivity index (χ2n) is 4.36. The highest BCUT2D eigenvalue weighted by molar-refractivity contribution is 7.86. The van der Waals surface area contributed by atoms with E-state index in [9.17, 15) is 17.8 Å². The number of nitrogens with two attached hydrogens (primary N) is 1. The monoisotopic (exact) mass is 286 g/mol. The lowest BCUT2D eigenvalue weighted by atomic mass is 9.97. The molecule has 4 N–H and O–H groups in total. The van der Waals surface area contributed by atoms with Gasteiger partial charge in [0.2, 0.25) is 0 Å². The van der Waals surface area contributed by atoms with E-state index >= 15 is 0 Å². The lowest BCUT2D eigenvalue weighted by Crippen LogP contribution is -2.53. The third-order valence-corrected chi connectivity index (χ3v) is 4.35. The van der Waals surface area contributed by atoms with Crippen LogP contribution in [0.2, 0.25) is 0 Å². The molecule has 0 aromatic heterocycles. The number of hydrogen-bond acceptors (Lipinski definition) is 3. The van der Waals surface area contributed by atoms with Crippen LogP contribution in [-0.4, -0.2) is 19.0 Å². The van der Waals surface area contributed by atoms with Crippen LogP contribution in [0, 0.1) is 6.92 Å². The van der Waals surface area contributed by atoms with E-state index in [4.69, 9.17) is 5.73 Å². The lowest BCUT2D eigenvalue weighted by molar-refractivity contribution is 0.238. The van der Waals surface area contributed by atoms with E-state index in [1.165, 1.54) is 0 Å². The van der Waals surface area contributed by atoms with Gasteiger partial charge in [-0.25, -0.2) is 4.79 Å². The van der Waals surface area contributed by atoms with Crippen LogP contribution in [-0.2, 0) is 15.0 Å². The molecule has 1 aromatic carbocycles. The van der Waals surface area contributed by atoms with Gasteiger partial charge in [0.25, 0.3) is 10.1 Å². The molecular weight excluding hydrogens is 268 g/mol. The van der Waals surface area contributed by atoms with E-state index in [-0.39, 0.29) is 6.42 Å². The summed E-state index contributed by atoms with van der Waals surface area (Å²) in [4.78, 5) is 9.25. The van der Waals surface area contributed by atoms with E-state index in [1.54, 1.807) is 38.1 Å². The molecule has 1 atom stereocenters. The van der Waals surface area contributed by atoms with E-state index in [2.05, 4.69) is 5.32 Å². The maximum Gasteiger partial charge on any atom is 0.313 e. The fourth-order valence-corrected chi connectivity index (χ4v) is 3.37.